The summed E-state index contributed by atoms with van der Waals surface area (Å²) in [6, 6.07) is 40.4. The minimum absolute atomic E-state index is 0.462. The average molecular weight is 497 g/mol. The fourth-order valence-electron chi connectivity index (χ4n) is 5.54. The minimum Gasteiger partial charge on any atom is -0.389 e. The van der Waals surface area contributed by atoms with E-state index in [1.807, 2.05) is 0 Å². The first-order valence-corrected chi connectivity index (χ1v) is 13.2. The Bertz CT molecular complexity index is 1720. The molecule has 6 rings (SSSR count). The number of aliphatic hydroxyl groups is 1. The second kappa shape index (κ2) is 10.2. The van der Waals surface area contributed by atoms with Crippen molar-refractivity contribution in [1.82, 2.24) is 4.57 Å². The molecule has 0 fully saturated rings. The lowest BCUT2D eigenvalue weighted by molar-refractivity contribution is 0.169. The number of aromatic nitrogens is 1. The molecular weight excluding hydrogens is 464 g/mol. The van der Waals surface area contributed by atoms with E-state index in [4.69, 9.17) is 0 Å². The van der Waals surface area contributed by atoms with Gasteiger partial charge in [0.15, 0.2) is 0 Å². The maximum absolute atomic E-state index is 11.4. The monoisotopic (exact) mass is 496 g/mol. The van der Waals surface area contributed by atoms with Gasteiger partial charge < -0.3 is 15.0 Å². The van der Waals surface area contributed by atoms with Crippen LogP contribution in [0.4, 0.5) is 5.69 Å². The Morgan fingerprint density at radius 1 is 0.684 bits per heavy atom. The molecule has 3 heteroatoms. The summed E-state index contributed by atoms with van der Waals surface area (Å²) in [5.74, 6) is 0. The van der Waals surface area contributed by atoms with Crippen LogP contribution in [0.2, 0.25) is 0 Å². The van der Waals surface area contributed by atoms with E-state index >= 15 is 0 Å². The molecule has 0 saturated carbocycles. The fourth-order valence-corrected chi connectivity index (χ4v) is 5.54. The molecule has 0 aliphatic heterocycles. The van der Waals surface area contributed by atoms with E-state index in [9.17, 15) is 5.11 Å². The molecule has 3 nitrogen and oxygen atoms in total. The van der Waals surface area contributed by atoms with Crippen molar-refractivity contribution in [2.24, 2.45) is 0 Å². The molecule has 1 heterocycles. The maximum atomic E-state index is 11.4. The highest BCUT2D eigenvalue weighted by molar-refractivity contribution is 6.15. The number of rotatable bonds is 7. The summed E-state index contributed by atoms with van der Waals surface area (Å²) >= 11 is 0. The van der Waals surface area contributed by atoms with Crippen LogP contribution in [0.25, 0.3) is 44.1 Å². The number of nitrogens with zero attached hydrogens (tertiary/aromatic N) is 1. The van der Waals surface area contributed by atoms with Crippen molar-refractivity contribution < 1.29 is 5.11 Å². The summed E-state index contributed by atoms with van der Waals surface area (Å²) in [5, 5.41) is 18.5. The normalized spacial score (nSPS) is 12.2. The molecule has 188 valence electrons. The second-order valence-corrected chi connectivity index (χ2v) is 10.0. The molecule has 0 aliphatic carbocycles. The van der Waals surface area contributed by atoms with Crippen LogP contribution in [0.1, 0.15) is 11.1 Å². The van der Waals surface area contributed by atoms with Gasteiger partial charge in [-0.15, -0.1) is 0 Å². The molecule has 5 aromatic carbocycles. The molecule has 6 aromatic rings. The summed E-state index contributed by atoms with van der Waals surface area (Å²) in [6.45, 7) is 5.17. The lowest BCUT2D eigenvalue weighted by Crippen LogP contribution is -2.25. The number of aryl methyl sites for hydroxylation is 1. The first-order chi connectivity index (χ1) is 18.6. The minimum atomic E-state index is -0.587. The largest absolute Gasteiger partial charge is 0.389 e. The van der Waals surface area contributed by atoms with Crippen molar-refractivity contribution in [1.29, 1.82) is 0 Å². The summed E-state index contributed by atoms with van der Waals surface area (Å²) in [6.07, 6.45) is -0.587. The Hall–Kier alpha value is -4.34. The average Bonchev–Trinajstić information content (AvgIpc) is 3.29. The lowest BCUT2D eigenvalue weighted by Gasteiger charge is -2.19. The Labute approximate surface area is 224 Å². The molecule has 0 aliphatic rings. The van der Waals surface area contributed by atoms with Crippen molar-refractivity contribution >= 4 is 27.4 Å². The summed E-state index contributed by atoms with van der Waals surface area (Å²) < 4.78 is 2.34. The standard InChI is InChI=1S/C35H32N2O/c1-24-12-11-19-32(25(24)2)36-22-29(38)23-37-34(28-16-7-4-8-17-28)33(27-14-5-3-6-15-27)31-21-20-26-13-9-10-18-30(26)35(31)37/h3-21,29,36,38H,22-23H2,1-2H3/t29-/m1/s1. The van der Waals surface area contributed by atoms with E-state index in [1.165, 1.54) is 38.4 Å². The van der Waals surface area contributed by atoms with Gasteiger partial charge in [-0.25, -0.2) is 0 Å². The predicted molar refractivity (Wildman–Crippen MR) is 161 cm³/mol. The van der Waals surface area contributed by atoms with Gasteiger partial charge in [-0.05, 0) is 47.6 Å². The van der Waals surface area contributed by atoms with Gasteiger partial charge in [0, 0.05) is 28.6 Å². The molecule has 1 aromatic heterocycles. The lowest BCUT2D eigenvalue weighted by atomic mass is 9.97. The zero-order valence-electron chi connectivity index (χ0n) is 21.9. The first kappa shape index (κ1) is 24.0. The number of aliphatic hydroxyl groups excluding tert-OH is 1. The van der Waals surface area contributed by atoms with Gasteiger partial charge in [0.1, 0.15) is 0 Å². The number of nitrogens with one attached hydrogen (secondary N) is 1. The molecule has 0 radical (unpaired) electrons. The highest BCUT2D eigenvalue weighted by Gasteiger charge is 2.23. The highest BCUT2D eigenvalue weighted by atomic mass is 16.3. The topological polar surface area (TPSA) is 37.2 Å². The van der Waals surface area contributed by atoms with Crippen molar-refractivity contribution in [2.75, 3.05) is 11.9 Å². The fraction of sp³-hybridized carbons (Fsp3) is 0.143. The number of anilines is 1. The second-order valence-electron chi connectivity index (χ2n) is 10.0. The Morgan fingerprint density at radius 3 is 2.13 bits per heavy atom. The van der Waals surface area contributed by atoms with Crippen molar-refractivity contribution in [3.63, 3.8) is 0 Å². The number of benzene rings is 5. The Balaban J connectivity index is 1.53. The molecule has 0 spiro atoms. The van der Waals surface area contributed by atoms with Crippen LogP contribution in [0, 0.1) is 13.8 Å². The van der Waals surface area contributed by atoms with E-state index in [0.29, 0.717) is 13.1 Å². The van der Waals surface area contributed by atoms with Crippen LogP contribution >= 0.6 is 0 Å². The van der Waals surface area contributed by atoms with E-state index in [0.717, 1.165) is 22.5 Å². The third kappa shape index (κ3) is 4.36. The molecule has 2 N–H and O–H groups in total. The SMILES string of the molecule is Cc1cccc(NC[C@@H](O)Cn2c(-c3ccccc3)c(-c3ccccc3)c3ccc4ccccc4c32)c1C. The van der Waals surface area contributed by atoms with E-state index in [-0.39, 0.29) is 0 Å². The van der Waals surface area contributed by atoms with Gasteiger partial charge >= 0.3 is 0 Å². The van der Waals surface area contributed by atoms with E-state index in [1.54, 1.807) is 0 Å². The van der Waals surface area contributed by atoms with Crippen molar-refractivity contribution in [2.45, 2.75) is 26.5 Å². The third-order valence-corrected chi connectivity index (χ3v) is 7.58. The highest BCUT2D eigenvalue weighted by Crippen LogP contribution is 2.43. The molecule has 1 atom stereocenters. The zero-order valence-corrected chi connectivity index (χ0v) is 21.9. The number of hydrogen-bond acceptors (Lipinski definition) is 2. The first-order valence-electron chi connectivity index (χ1n) is 13.2. The van der Waals surface area contributed by atoms with Crippen LogP contribution in [-0.4, -0.2) is 22.3 Å². The summed E-state index contributed by atoms with van der Waals surface area (Å²) in [4.78, 5) is 0. The summed E-state index contributed by atoms with van der Waals surface area (Å²) in [7, 11) is 0. The van der Waals surface area contributed by atoms with Gasteiger partial charge in [-0.2, -0.15) is 0 Å². The molecule has 38 heavy (non-hydrogen) atoms. The van der Waals surface area contributed by atoms with Gasteiger partial charge in [-0.3, -0.25) is 0 Å². The van der Waals surface area contributed by atoms with Gasteiger partial charge in [0.05, 0.1) is 23.9 Å². The van der Waals surface area contributed by atoms with Gasteiger partial charge in [-0.1, -0.05) is 109 Å². The smallest absolute Gasteiger partial charge is 0.0891 e. The van der Waals surface area contributed by atoms with Crippen LogP contribution < -0.4 is 5.32 Å². The van der Waals surface area contributed by atoms with Crippen LogP contribution in [-0.2, 0) is 6.54 Å². The molecular formula is C35H32N2O. The molecule has 0 unspecified atom stereocenters. The number of hydrogen-bond donors (Lipinski definition) is 2. The van der Waals surface area contributed by atoms with Gasteiger partial charge in [0.2, 0.25) is 0 Å². The molecule has 0 bridgehead atoms. The van der Waals surface area contributed by atoms with Crippen LogP contribution in [0.5, 0.6) is 0 Å². The third-order valence-electron chi connectivity index (χ3n) is 7.58. The predicted octanol–water partition coefficient (Wildman–Crippen LogP) is 8.22. The summed E-state index contributed by atoms with van der Waals surface area (Å²) in [5.41, 5.74) is 9.34. The van der Waals surface area contributed by atoms with Crippen LogP contribution in [0.3, 0.4) is 0 Å². The van der Waals surface area contributed by atoms with Crippen molar-refractivity contribution in [3.05, 3.63) is 126 Å². The Morgan fingerprint density at radius 2 is 1.37 bits per heavy atom. The molecule has 0 amide bonds. The van der Waals surface area contributed by atoms with Gasteiger partial charge in [0.25, 0.3) is 0 Å². The maximum Gasteiger partial charge on any atom is 0.0891 e. The number of fused-ring (bicyclic) bond motifs is 3. The quantitative estimate of drug-likeness (QED) is 0.234. The van der Waals surface area contributed by atoms with Crippen molar-refractivity contribution in [3.8, 4) is 22.4 Å². The van der Waals surface area contributed by atoms with Crippen LogP contribution in [0.15, 0.2) is 115 Å². The zero-order chi connectivity index (χ0) is 26.1. The Kier molecular flexibility index (Phi) is 6.45. The van der Waals surface area contributed by atoms with E-state index < -0.39 is 6.10 Å². The van der Waals surface area contributed by atoms with E-state index in [2.05, 4.69) is 139 Å². The molecule has 0 saturated heterocycles.